The number of aromatic nitrogens is 2. The largest absolute Gasteiger partial charge is 0.351 e. The molecule has 0 unspecified atom stereocenters. The summed E-state index contributed by atoms with van der Waals surface area (Å²) in [5, 5.41) is 4.96. The highest BCUT2D eigenvalue weighted by Gasteiger charge is 2.16. The summed E-state index contributed by atoms with van der Waals surface area (Å²) in [6, 6.07) is 12.2. The van der Waals surface area contributed by atoms with Gasteiger partial charge in [-0.1, -0.05) is 50.3 Å². The second kappa shape index (κ2) is 9.37. The van der Waals surface area contributed by atoms with Crippen LogP contribution in [-0.4, -0.2) is 22.0 Å². The topological polar surface area (TPSA) is 46.9 Å². The number of nitrogens with zero attached hydrogens (tertiary/aromatic N) is 2. The van der Waals surface area contributed by atoms with E-state index in [1.54, 1.807) is 0 Å². The van der Waals surface area contributed by atoms with Gasteiger partial charge >= 0.3 is 0 Å². The quantitative estimate of drug-likeness (QED) is 0.517. The number of para-hydroxylation sites is 2. The maximum absolute atomic E-state index is 12.1. The summed E-state index contributed by atoms with van der Waals surface area (Å²) in [7, 11) is 0. The molecule has 1 amide bonds. The number of fused-ring (bicyclic) bond motifs is 1. The number of amides is 1. The lowest BCUT2D eigenvalue weighted by Crippen LogP contribution is -2.24. The molecule has 0 atom stereocenters. The molecule has 5 heteroatoms. The van der Waals surface area contributed by atoms with Gasteiger partial charge in [0.05, 0.1) is 15.9 Å². The number of imidazole rings is 1. The highest BCUT2D eigenvalue weighted by Crippen LogP contribution is 2.28. The Morgan fingerprint density at radius 2 is 2.00 bits per heavy atom. The van der Waals surface area contributed by atoms with E-state index >= 15 is 0 Å². The van der Waals surface area contributed by atoms with E-state index in [1.165, 1.54) is 55.4 Å². The Morgan fingerprint density at radius 1 is 1.14 bits per heavy atom. The molecule has 0 spiro atoms. The molecule has 0 bridgehead atoms. The lowest BCUT2D eigenvalue weighted by Gasteiger charge is -2.22. The smallest absolute Gasteiger partial charge is 0.261 e. The van der Waals surface area contributed by atoms with E-state index in [0.29, 0.717) is 6.54 Å². The molecule has 28 heavy (non-hydrogen) atoms. The standard InChI is InChI=1S/C23H29N3OS/c27-23(21-12-7-17-28-21)24-15-6-13-22-25-19-10-4-5-11-20(19)26(22)16-14-18-8-2-1-3-9-18/h4-5,7,10-12,17-18H,1-3,6,8-9,13-16H2,(H,24,27). The van der Waals surface area contributed by atoms with E-state index in [9.17, 15) is 4.79 Å². The Labute approximate surface area is 171 Å². The molecule has 1 saturated carbocycles. The Bertz CT molecular complexity index is 894. The van der Waals surface area contributed by atoms with Crippen molar-refractivity contribution in [2.45, 2.75) is 57.9 Å². The van der Waals surface area contributed by atoms with E-state index in [2.05, 4.69) is 34.1 Å². The van der Waals surface area contributed by atoms with Gasteiger partial charge in [-0.2, -0.15) is 0 Å². The van der Waals surface area contributed by atoms with Crippen LogP contribution < -0.4 is 5.32 Å². The lowest BCUT2D eigenvalue weighted by atomic mass is 9.87. The second-order valence-corrected chi connectivity index (χ2v) is 8.75. The van der Waals surface area contributed by atoms with Crippen molar-refractivity contribution < 1.29 is 4.79 Å². The third-order valence-electron chi connectivity index (χ3n) is 5.83. The number of carbonyl (C=O) groups is 1. The molecular formula is C23H29N3OS. The molecule has 0 saturated heterocycles. The van der Waals surface area contributed by atoms with Gasteiger partial charge in [0.2, 0.25) is 0 Å². The Morgan fingerprint density at radius 3 is 2.82 bits per heavy atom. The van der Waals surface area contributed by atoms with Crippen LogP contribution in [0.4, 0.5) is 0 Å². The highest BCUT2D eigenvalue weighted by atomic mass is 32.1. The van der Waals surface area contributed by atoms with Crippen molar-refractivity contribution in [3.63, 3.8) is 0 Å². The minimum absolute atomic E-state index is 0.0285. The Balaban J connectivity index is 1.37. The molecule has 148 valence electrons. The Hall–Kier alpha value is -2.14. The molecule has 1 aliphatic rings. The third-order valence-corrected chi connectivity index (χ3v) is 6.70. The monoisotopic (exact) mass is 395 g/mol. The lowest BCUT2D eigenvalue weighted by molar-refractivity contribution is 0.0957. The summed E-state index contributed by atoms with van der Waals surface area (Å²) in [4.78, 5) is 17.8. The zero-order valence-corrected chi connectivity index (χ0v) is 17.2. The van der Waals surface area contributed by atoms with Crippen molar-refractivity contribution in [3.05, 3.63) is 52.5 Å². The van der Waals surface area contributed by atoms with Crippen molar-refractivity contribution in [2.24, 2.45) is 5.92 Å². The zero-order chi connectivity index (χ0) is 19.2. The number of carbonyl (C=O) groups excluding carboxylic acids is 1. The fraction of sp³-hybridized carbons (Fsp3) is 0.478. The van der Waals surface area contributed by atoms with Gasteiger partial charge in [-0.25, -0.2) is 4.98 Å². The van der Waals surface area contributed by atoms with Crippen molar-refractivity contribution in [2.75, 3.05) is 6.54 Å². The number of aryl methyl sites for hydroxylation is 2. The number of hydrogen-bond donors (Lipinski definition) is 1. The molecule has 3 aromatic rings. The Kier molecular flexibility index (Phi) is 6.42. The summed E-state index contributed by atoms with van der Waals surface area (Å²) in [5.74, 6) is 2.05. The first-order valence-electron chi connectivity index (χ1n) is 10.6. The van der Waals surface area contributed by atoms with Crippen molar-refractivity contribution in [3.8, 4) is 0 Å². The van der Waals surface area contributed by atoms with E-state index in [-0.39, 0.29) is 5.91 Å². The van der Waals surface area contributed by atoms with Gasteiger partial charge in [0, 0.05) is 19.5 Å². The van der Waals surface area contributed by atoms with E-state index in [4.69, 9.17) is 4.98 Å². The number of benzene rings is 1. The molecular weight excluding hydrogens is 366 g/mol. The minimum Gasteiger partial charge on any atom is -0.351 e. The molecule has 1 N–H and O–H groups in total. The maximum Gasteiger partial charge on any atom is 0.261 e. The number of thiophene rings is 1. The van der Waals surface area contributed by atoms with Gasteiger partial charge in [-0.05, 0) is 42.3 Å². The molecule has 1 aliphatic carbocycles. The molecule has 2 aromatic heterocycles. The summed E-state index contributed by atoms with van der Waals surface area (Å²) in [6.45, 7) is 1.74. The third kappa shape index (κ3) is 4.64. The molecule has 4 nitrogen and oxygen atoms in total. The van der Waals surface area contributed by atoms with Crippen LogP contribution in [-0.2, 0) is 13.0 Å². The first-order chi connectivity index (χ1) is 13.8. The SMILES string of the molecule is O=C(NCCCc1nc2ccccc2n1CCC1CCCCC1)c1cccs1. The average Bonchev–Trinajstić information content (AvgIpc) is 3.38. The average molecular weight is 396 g/mol. The number of rotatable bonds is 8. The van der Waals surface area contributed by atoms with Crippen LogP contribution in [0.25, 0.3) is 11.0 Å². The van der Waals surface area contributed by atoms with Gasteiger partial charge in [-0.3, -0.25) is 4.79 Å². The zero-order valence-electron chi connectivity index (χ0n) is 16.4. The predicted octanol–water partition coefficient (Wildman–Crippen LogP) is 5.43. The second-order valence-electron chi connectivity index (χ2n) is 7.80. The van der Waals surface area contributed by atoms with Crippen molar-refractivity contribution in [1.82, 2.24) is 14.9 Å². The molecule has 4 rings (SSSR count). The van der Waals surface area contributed by atoms with E-state index in [0.717, 1.165) is 41.5 Å². The van der Waals surface area contributed by atoms with Crippen molar-refractivity contribution >= 4 is 28.3 Å². The molecule has 0 aliphatic heterocycles. The van der Waals surface area contributed by atoms with Crippen molar-refractivity contribution in [1.29, 1.82) is 0 Å². The van der Waals surface area contributed by atoms with Gasteiger partial charge in [0.15, 0.2) is 0 Å². The number of hydrogen-bond acceptors (Lipinski definition) is 3. The first-order valence-corrected chi connectivity index (χ1v) is 11.4. The van der Waals surface area contributed by atoms with Crippen LogP contribution in [0.2, 0.25) is 0 Å². The molecule has 0 radical (unpaired) electrons. The summed E-state index contributed by atoms with van der Waals surface area (Å²) >= 11 is 1.48. The van der Waals surface area contributed by atoms with Crippen LogP contribution in [0.15, 0.2) is 41.8 Å². The molecule has 2 heterocycles. The van der Waals surface area contributed by atoms with Gasteiger partial charge < -0.3 is 9.88 Å². The fourth-order valence-electron chi connectivity index (χ4n) is 4.30. The minimum atomic E-state index is 0.0285. The van der Waals surface area contributed by atoms with Crippen LogP contribution in [0.1, 0.15) is 60.4 Å². The fourth-order valence-corrected chi connectivity index (χ4v) is 4.94. The van der Waals surface area contributed by atoms with Gasteiger partial charge in [-0.15, -0.1) is 11.3 Å². The first kappa shape index (κ1) is 19.2. The summed E-state index contributed by atoms with van der Waals surface area (Å²) < 4.78 is 2.42. The van der Waals surface area contributed by atoms with Gasteiger partial charge in [0.25, 0.3) is 5.91 Å². The van der Waals surface area contributed by atoms with E-state index < -0.39 is 0 Å². The molecule has 1 aromatic carbocycles. The number of nitrogens with one attached hydrogen (secondary N) is 1. The maximum atomic E-state index is 12.1. The van der Waals surface area contributed by atoms with Crippen LogP contribution >= 0.6 is 11.3 Å². The van der Waals surface area contributed by atoms with Crippen LogP contribution in [0.5, 0.6) is 0 Å². The normalized spacial score (nSPS) is 15.1. The van der Waals surface area contributed by atoms with Crippen LogP contribution in [0, 0.1) is 5.92 Å². The van der Waals surface area contributed by atoms with Crippen LogP contribution in [0.3, 0.4) is 0 Å². The summed E-state index contributed by atoms with van der Waals surface area (Å²) in [5.41, 5.74) is 2.33. The predicted molar refractivity (Wildman–Crippen MR) is 116 cm³/mol. The van der Waals surface area contributed by atoms with E-state index in [1.807, 2.05) is 17.5 Å². The van der Waals surface area contributed by atoms with Gasteiger partial charge in [0.1, 0.15) is 5.82 Å². The highest BCUT2D eigenvalue weighted by molar-refractivity contribution is 7.12. The molecule has 1 fully saturated rings. The summed E-state index contributed by atoms with van der Waals surface area (Å²) in [6.07, 6.45) is 10.0.